The van der Waals surface area contributed by atoms with Crippen LogP contribution in [0.15, 0.2) is 42.0 Å². The second-order valence-corrected chi connectivity index (χ2v) is 5.50. The van der Waals surface area contributed by atoms with Crippen molar-refractivity contribution in [1.82, 2.24) is 0 Å². The van der Waals surface area contributed by atoms with Crippen molar-refractivity contribution in [3.05, 3.63) is 58.4 Å². The molecule has 0 fully saturated rings. The molecule has 134 valence electrons. The third-order valence-corrected chi connectivity index (χ3v) is 3.63. The van der Waals surface area contributed by atoms with E-state index in [1.54, 1.807) is 18.2 Å². The number of anilines is 1. The van der Waals surface area contributed by atoms with E-state index in [1.165, 1.54) is 25.3 Å². The molecule has 0 spiro atoms. The van der Waals surface area contributed by atoms with Gasteiger partial charge in [-0.25, -0.2) is 4.39 Å². The SMILES string of the molecule is CCOc1ccc(/C=C(\C#N)C(=O)Nc2ccc(F)c(Cl)c2)cc1OC. The molecular formula is C19H16ClFN2O3. The highest BCUT2D eigenvalue weighted by Gasteiger charge is 2.12. The Hall–Kier alpha value is -3.04. The number of rotatable bonds is 6. The smallest absolute Gasteiger partial charge is 0.266 e. The molecule has 2 aromatic rings. The standard InChI is InChI=1S/C19H16ClFN2O3/c1-3-26-17-7-4-12(9-18(17)25-2)8-13(11-22)19(24)23-14-5-6-16(21)15(20)10-14/h4-10H,3H2,1-2H3,(H,23,24)/b13-8+. The third kappa shape index (κ3) is 4.74. The molecular weight excluding hydrogens is 359 g/mol. The second-order valence-electron chi connectivity index (χ2n) is 5.10. The van der Waals surface area contributed by atoms with Gasteiger partial charge in [0.2, 0.25) is 0 Å². The number of nitrogens with one attached hydrogen (secondary N) is 1. The molecule has 0 radical (unpaired) electrons. The number of hydrogen-bond donors (Lipinski definition) is 1. The summed E-state index contributed by atoms with van der Waals surface area (Å²) >= 11 is 5.68. The summed E-state index contributed by atoms with van der Waals surface area (Å²) in [5, 5.41) is 11.7. The summed E-state index contributed by atoms with van der Waals surface area (Å²) in [5.41, 5.74) is 0.748. The molecule has 0 aromatic heterocycles. The van der Waals surface area contributed by atoms with E-state index in [9.17, 15) is 14.4 Å². The fraction of sp³-hybridized carbons (Fsp3) is 0.158. The summed E-state index contributed by atoms with van der Waals surface area (Å²) in [6.45, 7) is 2.34. The Morgan fingerprint density at radius 2 is 2.08 bits per heavy atom. The fourth-order valence-corrected chi connectivity index (χ4v) is 2.32. The zero-order chi connectivity index (χ0) is 19.1. The van der Waals surface area contributed by atoms with Crippen LogP contribution in [0.1, 0.15) is 12.5 Å². The highest BCUT2D eigenvalue weighted by atomic mass is 35.5. The first kappa shape index (κ1) is 19.3. The van der Waals surface area contributed by atoms with E-state index in [0.717, 1.165) is 6.07 Å². The zero-order valence-corrected chi connectivity index (χ0v) is 14.9. The van der Waals surface area contributed by atoms with Gasteiger partial charge in [-0.05, 0) is 48.9 Å². The summed E-state index contributed by atoms with van der Waals surface area (Å²) in [6.07, 6.45) is 1.42. The second kappa shape index (κ2) is 8.88. The third-order valence-electron chi connectivity index (χ3n) is 3.34. The van der Waals surface area contributed by atoms with Gasteiger partial charge in [0.1, 0.15) is 17.5 Å². The van der Waals surface area contributed by atoms with Crippen LogP contribution in [0, 0.1) is 17.1 Å². The molecule has 0 saturated heterocycles. The molecule has 5 nitrogen and oxygen atoms in total. The van der Waals surface area contributed by atoms with Crippen molar-refractivity contribution in [3.8, 4) is 17.6 Å². The monoisotopic (exact) mass is 374 g/mol. The maximum absolute atomic E-state index is 13.2. The van der Waals surface area contributed by atoms with E-state index in [-0.39, 0.29) is 16.3 Å². The van der Waals surface area contributed by atoms with Gasteiger partial charge >= 0.3 is 0 Å². The molecule has 2 aromatic carbocycles. The van der Waals surface area contributed by atoms with E-state index < -0.39 is 11.7 Å². The molecule has 1 N–H and O–H groups in total. The van der Waals surface area contributed by atoms with Crippen LogP contribution in [-0.4, -0.2) is 19.6 Å². The minimum Gasteiger partial charge on any atom is -0.493 e. The normalized spacial score (nSPS) is 10.8. The highest BCUT2D eigenvalue weighted by Crippen LogP contribution is 2.29. The maximum atomic E-state index is 13.2. The Morgan fingerprint density at radius 1 is 1.31 bits per heavy atom. The highest BCUT2D eigenvalue weighted by molar-refractivity contribution is 6.31. The molecule has 0 aliphatic carbocycles. The van der Waals surface area contributed by atoms with Crippen LogP contribution >= 0.6 is 11.6 Å². The lowest BCUT2D eigenvalue weighted by molar-refractivity contribution is -0.112. The van der Waals surface area contributed by atoms with Gasteiger partial charge in [0.15, 0.2) is 11.5 Å². The number of carbonyl (C=O) groups is 1. The van der Waals surface area contributed by atoms with Crippen molar-refractivity contribution in [2.75, 3.05) is 19.0 Å². The number of amides is 1. The van der Waals surface area contributed by atoms with E-state index in [1.807, 2.05) is 13.0 Å². The van der Waals surface area contributed by atoms with Crippen LogP contribution in [0.4, 0.5) is 10.1 Å². The maximum Gasteiger partial charge on any atom is 0.266 e. The number of halogens is 2. The van der Waals surface area contributed by atoms with Gasteiger partial charge in [-0.2, -0.15) is 5.26 Å². The Labute approximate surface area is 155 Å². The van der Waals surface area contributed by atoms with Crippen molar-refractivity contribution in [3.63, 3.8) is 0 Å². The zero-order valence-electron chi connectivity index (χ0n) is 14.2. The molecule has 0 atom stereocenters. The summed E-state index contributed by atoms with van der Waals surface area (Å²) in [4.78, 5) is 12.3. The summed E-state index contributed by atoms with van der Waals surface area (Å²) in [7, 11) is 1.50. The number of nitrogens with zero attached hydrogens (tertiary/aromatic N) is 1. The molecule has 7 heteroatoms. The van der Waals surface area contributed by atoms with Gasteiger partial charge in [-0.3, -0.25) is 4.79 Å². The Balaban J connectivity index is 2.25. The van der Waals surface area contributed by atoms with Gasteiger partial charge in [0.05, 0.1) is 18.7 Å². The van der Waals surface area contributed by atoms with Crippen molar-refractivity contribution >= 4 is 29.3 Å². The van der Waals surface area contributed by atoms with Gasteiger partial charge in [0.25, 0.3) is 5.91 Å². The van der Waals surface area contributed by atoms with Gasteiger partial charge in [-0.15, -0.1) is 0 Å². The molecule has 0 aliphatic heterocycles. The molecule has 2 rings (SSSR count). The largest absolute Gasteiger partial charge is 0.493 e. The first-order chi connectivity index (χ1) is 12.5. The lowest BCUT2D eigenvalue weighted by Crippen LogP contribution is -2.13. The number of benzene rings is 2. The molecule has 26 heavy (non-hydrogen) atoms. The van der Waals surface area contributed by atoms with Crippen molar-refractivity contribution in [2.24, 2.45) is 0 Å². The van der Waals surface area contributed by atoms with E-state index in [4.69, 9.17) is 21.1 Å². The topological polar surface area (TPSA) is 71.3 Å². The van der Waals surface area contributed by atoms with E-state index in [0.29, 0.717) is 23.7 Å². The van der Waals surface area contributed by atoms with Crippen LogP contribution in [0.25, 0.3) is 6.08 Å². The average molecular weight is 375 g/mol. The van der Waals surface area contributed by atoms with Crippen LogP contribution < -0.4 is 14.8 Å². The Bertz CT molecular complexity index is 891. The number of carbonyl (C=O) groups excluding carboxylic acids is 1. The molecule has 0 aliphatic rings. The molecule has 1 amide bonds. The first-order valence-corrected chi connectivity index (χ1v) is 8.05. The van der Waals surface area contributed by atoms with Crippen LogP contribution in [-0.2, 0) is 4.79 Å². The average Bonchev–Trinajstić information content (AvgIpc) is 2.63. The minimum absolute atomic E-state index is 0.124. The molecule has 0 saturated carbocycles. The Kier molecular flexibility index (Phi) is 6.59. The van der Waals surface area contributed by atoms with Gasteiger partial charge < -0.3 is 14.8 Å². The number of ether oxygens (including phenoxy) is 2. The van der Waals surface area contributed by atoms with Crippen LogP contribution in [0.3, 0.4) is 0 Å². The van der Waals surface area contributed by atoms with Crippen molar-refractivity contribution in [1.29, 1.82) is 5.26 Å². The van der Waals surface area contributed by atoms with Crippen molar-refractivity contribution in [2.45, 2.75) is 6.92 Å². The lowest BCUT2D eigenvalue weighted by Gasteiger charge is -2.10. The van der Waals surface area contributed by atoms with E-state index >= 15 is 0 Å². The predicted octanol–water partition coefficient (Wildman–Crippen LogP) is 4.43. The fourth-order valence-electron chi connectivity index (χ4n) is 2.14. The molecule has 0 bridgehead atoms. The minimum atomic E-state index is -0.636. The quantitative estimate of drug-likeness (QED) is 0.599. The van der Waals surface area contributed by atoms with E-state index in [2.05, 4.69) is 5.32 Å². The summed E-state index contributed by atoms with van der Waals surface area (Å²) < 4.78 is 23.9. The first-order valence-electron chi connectivity index (χ1n) is 7.67. The summed E-state index contributed by atoms with van der Waals surface area (Å²) in [6, 6.07) is 10.7. The number of hydrogen-bond acceptors (Lipinski definition) is 4. The van der Waals surface area contributed by atoms with Crippen molar-refractivity contribution < 1.29 is 18.7 Å². The number of nitriles is 1. The van der Waals surface area contributed by atoms with Crippen LogP contribution in [0.2, 0.25) is 5.02 Å². The molecule has 0 unspecified atom stereocenters. The Morgan fingerprint density at radius 3 is 2.69 bits per heavy atom. The summed E-state index contributed by atoms with van der Waals surface area (Å²) in [5.74, 6) is -0.176. The lowest BCUT2D eigenvalue weighted by atomic mass is 10.1. The predicted molar refractivity (Wildman–Crippen MR) is 97.8 cm³/mol. The molecule has 0 heterocycles. The number of methoxy groups -OCH3 is 1. The van der Waals surface area contributed by atoms with Gasteiger partial charge in [-0.1, -0.05) is 17.7 Å². The van der Waals surface area contributed by atoms with Crippen LogP contribution in [0.5, 0.6) is 11.5 Å². The van der Waals surface area contributed by atoms with Gasteiger partial charge in [0, 0.05) is 5.69 Å².